The Balaban J connectivity index is 2.52. The third-order valence-corrected chi connectivity index (χ3v) is 4.41. The molecule has 4 heteroatoms. The second kappa shape index (κ2) is 7.22. The van der Waals surface area contributed by atoms with E-state index >= 15 is 0 Å². The summed E-state index contributed by atoms with van der Waals surface area (Å²) in [5, 5.41) is 3.46. The first kappa shape index (κ1) is 14.8. The maximum atomic E-state index is 6.37. The predicted octanol–water partition coefficient (Wildman–Crippen LogP) is 4.61. The molecule has 0 radical (unpaired) electrons. The Bertz CT molecular complexity index is 353. The summed E-state index contributed by atoms with van der Waals surface area (Å²) in [4.78, 5) is 4.44. The van der Waals surface area contributed by atoms with Gasteiger partial charge in [0.2, 0.25) is 0 Å². The number of alkyl halides is 1. The average Bonchev–Trinajstić information content (AvgIpc) is 2.32. The second-order valence-corrected chi connectivity index (χ2v) is 5.65. The number of anilines is 1. The molecule has 1 aromatic heterocycles. The summed E-state index contributed by atoms with van der Waals surface area (Å²) in [6, 6.07) is 3.97. The van der Waals surface area contributed by atoms with E-state index in [1.807, 2.05) is 19.1 Å². The fourth-order valence-corrected chi connectivity index (χ4v) is 2.47. The summed E-state index contributed by atoms with van der Waals surface area (Å²) >= 11 is 9.81. The van der Waals surface area contributed by atoms with Gasteiger partial charge in [-0.2, -0.15) is 0 Å². The monoisotopic (exact) mass is 318 g/mol. The fraction of sp³-hybridized carbons (Fsp3) is 0.615. The van der Waals surface area contributed by atoms with Crippen molar-refractivity contribution in [3.8, 4) is 0 Å². The molecule has 1 N–H and O–H groups in total. The molecule has 0 amide bonds. The fourth-order valence-electron chi connectivity index (χ4n) is 1.81. The maximum absolute atomic E-state index is 6.37. The number of nitrogens with one attached hydrogen (secondary N) is 1. The maximum Gasteiger partial charge on any atom is 0.126 e. The van der Waals surface area contributed by atoms with Gasteiger partial charge in [-0.3, -0.25) is 0 Å². The van der Waals surface area contributed by atoms with Crippen LogP contribution >= 0.6 is 27.5 Å². The minimum absolute atomic E-state index is 0.163. The normalized spacial score (nSPS) is 12.8. The number of hydrogen-bond donors (Lipinski definition) is 1. The third kappa shape index (κ3) is 4.47. The molecule has 17 heavy (non-hydrogen) atoms. The molecule has 0 aliphatic heterocycles. The number of aromatic nitrogens is 1. The van der Waals surface area contributed by atoms with Gasteiger partial charge in [-0.25, -0.2) is 4.98 Å². The lowest BCUT2D eigenvalue weighted by atomic mass is 9.99. The summed E-state index contributed by atoms with van der Waals surface area (Å²) in [7, 11) is 0. The number of aryl methyl sites for hydroxylation is 1. The SMILES string of the molecule is CCC(CC)C(Cl)CNc1ccc(Br)c(C)n1. The number of hydrogen-bond acceptors (Lipinski definition) is 2. The Kier molecular flexibility index (Phi) is 6.28. The lowest BCUT2D eigenvalue weighted by Crippen LogP contribution is -2.23. The number of pyridine rings is 1. The van der Waals surface area contributed by atoms with Crippen molar-refractivity contribution in [2.45, 2.75) is 39.0 Å². The van der Waals surface area contributed by atoms with Crippen molar-refractivity contribution in [2.75, 3.05) is 11.9 Å². The van der Waals surface area contributed by atoms with Crippen molar-refractivity contribution >= 4 is 33.3 Å². The summed E-state index contributed by atoms with van der Waals surface area (Å²) in [6.07, 6.45) is 2.25. The molecule has 0 saturated carbocycles. The molecule has 0 spiro atoms. The standard InChI is InChI=1S/C13H20BrClN2/c1-4-10(5-2)12(15)8-16-13-7-6-11(14)9(3)17-13/h6-7,10,12H,4-5,8H2,1-3H3,(H,16,17). The van der Waals surface area contributed by atoms with Gasteiger partial charge in [0.25, 0.3) is 0 Å². The van der Waals surface area contributed by atoms with Crippen LogP contribution in [0.15, 0.2) is 16.6 Å². The predicted molar refractivity (Wildman–Crippen MR) is 78.9 cm³/mol. The van der Waals surface area contributed by atoms with Crippen LogP contribution in [0.3, 0.4) is 0 Å². The van der Waals surface area contributed by atoms with E-state index in [-0.39, 0.29) is 5.38 Å². The van der Waals surface area contributed by atoms with Crippen LogP contribution in [-0.4, -0.2) is 16.9 Å². The molecular formula is C13H20BrClN2. The van der Waals surface area contributed by atoms with Gasteiger partial charge >= 0.3 is 0 Å². The Morgan fingerprint density at radius 2 is 2.00 bits per heavy atom. The smallest absolute Gasteiger partial charge is 0.126 e. The van der Waals surface area contributed by atoms with E-state index in [1.54, 1.807) is 0 Å². The molecule has 1 aromatic rings. The molecule has 0 aliphatic carbocycles. The topological polar surface area (TPSA) is 24.9 Å². The van der Waals surface area contributed by atoms with Crippen LogP contribution < -0.4 is 5.32 Å². The summed E-state index contributed by atoms with van der Waals surface area (Å²) in [5.41, 5.74) is 0.989. The van der Waals surface area contributed by atoms with Gasteiger partial charge in [0.1, 0.15) is 5.82 Å². The van der Waals surface area contributed by atoms with Crippen LogP contribution in [0.1, 0.15) is 32.4 Å². The van der Waals surface area contributed by atoms with Crippen LogP contribution in [0.4, 0.5) is 5.82 Å². The molecule has 2 nitrogen and oxygen atoms in total. The highest BCUT2D eigenvalue weighted by atomic mass is 79.9. The quantitative estimate of drug-likeness (QED) is 0.775. The third-order valence-electron chi connectivity index (χ3n) is 3.06. The molecule has 96 valence electrons. The molecule has 1 heterocycles. The van der Waals surface area contributed by atoms with E-state index < -0.39 is 0 Å². The van der Waals surface area contributed by atoms with Crippen molar-refractivity contribution in [3.63, 3.8) is 0 Å². The zero-order chi connectivity index (χ0) is 12.8. The average molecular weight is 320 g/mol. The minimum atomic E-state index is 0.163. The number of halogens is 2. The van der Waals surface area contributed by atoms with E-state index in [0.717, 1.165) is 35.4 Å². The first-order chi connectivity index (χ1) is 8.08. The molecule has 1 atom stereocenters. The Labute approximate surface area is 117 Å². The molecular weight excluding hydrogens is 300 g/mol. The van der Waals surface area contributed by atoms with Crippen molar-refractivity contribution in [1.82, 2.24) is 4.98 Å². The van der Waals surface area contributed by atoms with Crippen molar-refractivity contribution in [2.24, 2.45) is 5.92 Å². The molecule has 0 aromatic carbocycles. The van der Waals surface area contributed by atoms with Gasteiger partial charge < -0.3 is 5.32 Å². The van der Waals surface area contributed by atoms with E-state index in [0.29, 0.717) is 5.92 Å². The van der Waals surface area contributed by atoms with E-state index in [2.05, 4.69) is 40.1 Å². The largest absolute Gasteiger partial charge is 0.369 e. The van der Waals surface area contributed by atoms with E-state index in [4.69, 9.17) is 11.6 Å². The summed E-state index contributed by atoms with van der Waals surface area (Å²) < 4.78 is 1.03. The summed E-state index contributed by atoms with van der Waals surface area (Å²) in [6.45, 7) is 7.12. The van der Waals surface area contributed by atoms with E-state index in [9.17, 15) is 0 Å². The van der Waals surface area contributed by atoms with Crippen molar-refractivity contribution in [3.05, 3.63) is 22.3 Å². The Hall–Kier alpha value is -0.280. The molecule has 1 unspecified atom stereocenters. The lowest BCUT2D eigenvalue weighted by Gasteiger charge is -2.19. The van der Waals surface area contributed by atoms with Crippen LogP contribution in [0.25, 0.3) is 0 Å². The molecule has 1 rings (SSSR count). The van der Waals surface area contributed by atoms with Crippen LogP contribution in [0.2, 0.25) is 0 Å². The lowest BCUT2D eigenvalue weighted by molar-refractivity contribution is 0.475. The molecule has 0 saturated heterocycles. The first-order valence-corrected chi connectivity index (χ1v) is 7.32. The van der Waals surface area contributed by atoms with Crippen molar-refractivity contribution < 1.29 is 0 Å². The zero-order valence-corrected chi connectivity index (χ0v) is 13.0. The highest BCUT2D eigenvalue weighted by Crippen LogP contribution is 2.20. The molecule has 0 bridgehead atoms. The first-order valence-electron chi connectivity index (χ1n) is 6.09. The molecule has 0 fully saturated rings. The van der Waals surface area contributed by atoms with Crippen LogP contribution in [0.5, 0.6) is 0 Å². The van der Waals surface area contributed by atoms with Gasteiger partial charge in [-0.1, -0.05) is 26.7 Å². The van der Waals surface area contributed by atoms with Gasteiger partial charge in [-0.05, 0) is 40.9 Å². The highest BCUT2D eigenvalue weighted by molar-refractivity contribution is 9.10. The van der Waals surface area contributed by atoms with Gasteiger partial charge in [0.05, 0.1) is 11.1 Å². The van der Waals surface area contributed by atoms with Crippen molar-refractivity contribution in [1.29, 1.82) is 0 Å². The number of rotatable bonds is 6. The van der Waals surface area contributed by atoms with Gasteiger partial charge in [-0.15, -0.1) is 11.6 Å². The second-order valence-electron chi connectivity index (χ2n) is 4.24. The van der Waals surface area contributed by atoms with Crippen LogP contribution in [0, 0.1) is 12.8 Å². The summed E-state index contributed by atoms with van der Waals surface area (Å²) in [5.74, 6) is 1.46. The minimum Gasteiger partial charge on any atom is -0.369 e. The number of nitrogens with zero attached hydrogens (tertiary/aromatic N) is 1. The van der Waals surface area contributed by atoms with E-state index in [1.165, 1.54) is 0 Å². The zero-order valence-electron chi connectivity index (χ0n) is 10.6. The highest BCUT2D eigenvalue weighted by Gasteiger charge is 2.15. The molecule has 0 aliphatic rings. The van der Waals surface area contributed by atoms with Gasteiger partial charge in [0.15, 0.2) is 0 Å². The van der Waals surface area contributed by atoms with Crippen LogP contribution in [-0.2, 0) is 0 Å². The van der Waals surface area contributed by atoms with Gasteiger partial charge in [0, 0.05) is 11.0 Å². The Morgan fingerprint density at radius 1 is 1.35 bits per heavy atom. The Morgan fingerprint density at radius 3 is 2.53 bits per heavy atom.